The third kappa shape index (κ3) is 3.66. The largest absolute Gasteiger partial charge is 0.340 e. The van der Waals surface area contributed by atoms with Gasteiger partial charge in [0.1, 0.15) is 4.90 Å². The molecule has 0 bridgehead atoms. The third-order valence-corrected chi connectivity index (χ3v) is 7.05. The standard InChI is InChI=1S/C14H17Cl2N3O3S.ClH/c15-11-2-1-3-12(16)13(11)23(21,22)19-6-4-18(5-7-19)14(20)10-8-17-9-10;/h1-3,10,17H,4-9H2;1H. The van der Waals surface area contributed by atoms with Gasteiger partial charge >= 0.3 is 0 Å². The van der Waals surface area contributed by atoms with Gasteiger partial charge in [0.2, 0.25) is 15.9 Å². The van der Waals surface area contributed by atoms with Gasteiger partial charge in [-0.15, -0.1) is 12.4 Å². The monoisotopic (exact) mass is 413 g/mol. The van der Waals surface area contributed by atoms with Crippen molar-refractivity contribution in [3.8, 4) is 0 Å². The molecule has 24 heavy (non-hydrogen) atoms. The number of amides is 1. The van der Waals surface area contributed by atoms with Gasteiger partial charge in [-0.1, -0.05) is 29.3 Å². The Morgan fingerprint density at radius 1 is 1.08 bits per heavy atom. The third-order valence-electron chi connectivity index (χ3n) is 4.20. The first-order chi connectivity index (χ1) is 10.9. The first-order valence-corrected chi connectivity index (χ1v) is 9.54. The predicted molar refractivity (Wildman–Crippen MR) is 95.4 cm³/mol. The van der Waals surface area contributed by atoms with Crippen molar-refractivity contribution in [2.45, 2.75) is 4.90 Å². The summed E-state index contributed by atoms with van der Waals surface area (Å²) < 4.78 is 26.8. The van der Waals surface area contributed by atoms with E-state index < -0.39 is 10.0 Å². The molecule has 2 aliphatic heterocycles. The Labute approximate surface area is 157 Å². The zero-order valence-electron chi connectivity index (χ0n) is 12.7. The lowest BCUT2D eigenvalue weighted by molar-refractivity contribution is -0.138. The number of piperazine rings is 1. The molecule has 10 heteroatoms. The van der Waals surface area contributed by atoms with Crippen LogP contribution in [0.2, 0.25) is 10.0 Å². The molecule has 2 saturated heterocycles. The molecule has 3 rings (SSSR count). The van der Waals surface area contributed by atoms with Gasteiger partial charge in [-0.05, 0) is 12.1 Å². The molecule has 2 heterocycles. The molecular weight excluding hydrogens is 397 g/mol. The number of nitrogens with zero attached hydrogens (tertiary/aromatic N) is 2. The van der Waals surface area contributed by atoms with Crippen molar-refractivity contribution < 1.29 is 13.2 Å². The number of hydrogen-bond acceptors (Lipinski definition) is 4. The Hall–Kier alpha value is -0.570. The highest BCUT2D eigenvalue weighted by molar-refractivity contribution is 7.89. The average molecular weight is 415 g/mol. The fourth-order valence-corrected chi connectivity index (χ4v) is 5.24. The van der Waals surface area contributed by atoms with Gasteiger partial charge in [0.15, 0.2) is 0 Å². The van der Waals surface area contributed by atoms with Gasteiger partial charge in [-0.25, -0.2) is 8.42 Å². The minimum absolute atomic E-state index is 0. The Kier molecular flexibility index (Phi) is 6.39. The zero-order chi connectivity index (χ0) is 16.6. The van der Waals surface area contributed by atoms with Crippen molar-refractivity contribution in [1.82, 2.24) is 14.5 Å². The number of hydrogen-bond donors (Lipinski definition) is 1. The van der Waals surface area contributed by atoms with Gasteiger partial charge < -0.3 is 10.2 Å². The van der Waals surface area contributed by atoms with Gasteiger partial charge in [0.05, 0.1) is 16.0 Å². The second kappa shape index (κ2) is 7.76. The van der Waals surface area contributed by atoms with Crippen LogP contribution in [-0.4, -0.2) is 62.8 Å². The summed E-state index contributed by atoms with van der Waals surface area (Å²) in [6, 6.07) is 4.61. The van der Waals surface area contributed by atoms with Crippen LogP contribution in [0.1, 0.15) is 0 Å². The van der Waals surface area contributed by atoms with Crippen LogP contribution in [0, 0.1) is 5.92 Å². The highest BCUT2D eigenvalue weighted by Gasteiger charge is 2.35. The second-order valence-corrected chi connectivity index (χ2v) is 8.32. The predicted octanol–water partition coefficient (Wildman–Crippen LogP) is 1.47. The summed E-state index contributed by atoms with van der Waals surface area (Å²) in [5, 5.41) is 3.28. The van der Waals surface area contributed by atoms with Crippen LogP contribution < -0.4 is 5.32 Å². The molecule has 1 N–H and O–H groups in total. The summed E-state index contributed by atoms with van der Waals surface area (Å²) in [6.45, 7) is 2.66. The molecule has 0 radical (unpaired) electrons. The molecule has 0 spiro atoms. The maximum absolute atomic E-state index is 12.8. The Bertz CT molecular complexity index is 697. The molecule has 0 atom stereocenters. The second-order valence-electron chi connectivity index (χ2n) is 5.64. The molecule has 0 aromatic heterocycles. The lowest BCUT2D eigenvalue weighted by Crippen LogP contribution is -2.57. The highest BCUT2D eigenvalue weighted by Crippen LogP contribution is 2.32. The molecule has 2 aliphatic rings. The summed E-state index contributed by atoms with van der Waals surface area (Å²) in [6.07, 6.45) is 0. The van der Waals surface area contributed by atoms with E-state index in [-0.39, 0.29) is 52.3 Å². The molecule has 0 unspecified atom stereocenters. The van der Waals surface area contributed by atoms with E-state index in [1.54, 1.807) is 11.0 Å². The maximum Gasteiger partial charge on any atom is 0.246 e. The molecule has 6 nitrogen and oxygen atoms in total. The number of halogens is 3. The smallest absolute Gasteiger partial charge is 0.246 e. The number of carbonyl (C=O) groups excluding carboxylic acids is 1. The van der Waals surface area contributed by atoms with E-state index in [9.17, 15) is 13.2 Å². The van der Waals surface area contributed by atoms with Crippen molar-refractivity contribution in [3.63, 3.8) is 0 Å². The minimum atomic E-state index is -3.77. The highest BCUT2D eigenvalue weighted by atomic mass is 35.5. The maximum atomic E-state index is 12.8. The topological polar surface area (TPSA) is 69.7 Å². The number of carbonyl (C=O) groups is 1. The van der Waals surface area contributed by atoms with Gasteiger partial charge in [-0.2, -0.15) is 4.31 Å². The normalized spacial score (nSPS) is 19.5. The average Bonchev–Trinajstić information content (AvgIpc) is 2.45. The lowest BCUT2D eigenvalue weighted by atomic mass is 10.0. The molecule has 0 saturated carbocycles. The number of rotatable bonds is 3. The Balaban J connectivity index is 0.00000208. The van der Waals surface area contributed by atoms with Crippen molar-refractivity contribution in [1.29, 1.82) is 0 Å². The van der Waals surface area contributed by atoms with Crippen LogP contribution in [0.4, 0.5) is 0 Å². The first-order valence-electron chi connectivity index (χ1n) is 7.35. The van der Waals surface area contributed by atoms with Crippen LogP contribution in [0.15, 0.2) is 23.1 Å². The van der Waals surface area contributed by atoms with Gasteiger partial charge in [-0.3, -0.25) is 4.79 Å². The number of nitrogens with one attached hydrogen (secondary N) is 1. The van der Waals surface area contributed by atoms with Gasteiger partial charge in [0.25, 0.3) is 0 Å². The lowest BCUT2D eigenvalue weighted by Gasteiger charge is -2.38. The molecule has 1 aromatic rings. The van der Waals surface area contributed by atoms with Gasteiger partial charge in [0, 0.05) is 39.3 Å². The van der Waals surface area contributed by atoms with Crippen molar-refractivity contribution in [3.05, 3.63) is 28.2 Å². The van der Waals surface area contributed by atoms with Crippen LogP contribution in [0.5, 0.6) is 0 Å². The number of sulfonamides is 1. The SMILES string of the molecule is Cl.O=C(C1CNC1)N1CCN(S(=O)(=O)c2c(Cl)cccc2Cl)CC1. The molecule has 1 aromatic carbocycles. The van der Waals surface area contributed by atoms with Crippen molar-refractivity contribution in [2.75, 3.05) is 39.3 Å². The van der Waals surface area contributed by atoms with Crippen LogP contribution in [0.25, 0.3) is 0 Å². The van der Waals surface area contributed by atoms with E-state index in [4.69, 9.17) is 23.2 Å². The van der Waals surface area contributed by atoms with Crippen molar-refractivity contribution >= 4 is 51.5 Å². The summed E-state index contributed by atoms with van der Waals surface area (Å²) >= 11 is 12.0. The minimum Gasteiger partial charge on any atom is -0.340 e. The van der Waals surface area contributed by atoms with E-state index in [2.05, 4.69) is 5.32 Å². The molecule has 2 fully saturated rings. The fourth-order valence-electron chi connectivity index (χ4n) is 2.73. The summed E-state index contributed by atoms with van der Waals surface area (Å²) in [7, 11) is -3.77. The molecule has 1 amide bonds. The zero-order valence-corrected chi connectivity index (χ0v) is 15.9. The number of benzene rings is 1. The Morgan fingerprint density at radius 3 is 2.08 bits per heavy atom. The molecule has 134 valence electrons. The summed E-state index contributed by atoms with van der Waals surface area (Å²) in [5.41, 5.74) is 0. The van der Waals surface area contributed by atoms with E-state index in [0.29, 0.717) is 26.2 Å². The van der Waals surface area contributed by atoms with E-state index >= 15 is 0 Å². The summed E-state index contributed by atoms with van der Waals surface area (Å²) in [5.74, 6) is 0.118. The quantitative estimate of drug-likeness (QED) is 0.813. The summed E-state index contributed by atoms with van der Waals surface area (Å²) in [4.78, 5) is 13.9. The van der Waals surface area contributed by atoms with Crippen LogP contribution >= 0.6 is 35.6 Å². The van der Waals surface area contributed by atoms with E-state index in [0.717, 1.165) is 0 Å². The van der Waals surface area contributed by atoms with E-state index in [1.807, 2.05) is 0 Å². The molecule has 0 aliphatic carbocycles. The van der Waals surface area contributed by atoms with Crippen molar-refractivity contribution in [2.24, 2.45) is 5.92 Å². The Morgan fingerprint density at radius 2 is 1.62 bits per heavy atom. The van der Waals surface area contributed by atoms with E-state index in [1.165, 1.54) is 16.4 Å². The first kappa shape index (κ1) is 19.8. The molecular formula is C14H18Cl3N3O3S. The van der Waals surface area contributed by atoms with Crippen LogP contribution in [-0.2, 0) is 14.8 Å². The van der Waals surface area contributed by atoms with Crippen LogP contribution in [0.3, 0.4) is 0 Å². The fraction of sp³-hybridized carbons (Fsp3) is 0.500.